The van der Waals surface area contributed by atoms with Crippen LogP contribution < -0.4 is 10.2 Å². The van der Waals surface area contributed by atoms with E-state index in [0.717, 1.165) is 21.9 Å². The van der Waals surface area contributed by atoms with Crippen molar-refractivity contribution in [2.45, 2.75) is 13.8 Å². The molecular weight excluding hydrogens is 336 g/mol. The fourth-order valence-electron chi connectivity index (χ4n) is 2.24. The van der Waals surface area contributed by atoms with E-state index in [0.29, 0.717) is 6.61 Å². The topological polar surface area (TPSA) is 79.4 Å². The number of amides is 1. The van der Waals surface area contributed by atoms with Gasteiger partial charge in [-0.05, 0) is 44.2 Å². The molecule has 0 aliphatic rings. The zero-order valence-electron chi connectivity index (χ0n) is 13.9. The molecule has 2 aromatic heterocycles. The fourth-order valence-corrected chi connectivity index (χ4v) is 3.07. The smallest absolute Gasteiger partial charge is 0.291 e. The molecule has 0 atom stereocenters. The van der Waals surface area contributed by atoms with Gasteiger partial charge in [0.25, 0.3) is 5.91 Å². The van der Waals surface area contributed by atoms with E-state index in [1.165, 1.54) is 4.88 Å². The maximum absolute atomic E-state index is 12.2. The quantitative estimate of drug-likeness (QED) is 0.524. The first-order valence-electron chi connectivity index (χ1n) is 7.85. The van der Waals surface area contributed by atoms with Gasteiger partial charge in [-0.15, -0.1) is 11.3 Å². The van der Waals surface area contributed by atoms with Crippen molar-refractivity contribution in [3.63, 3.8) is 0 Å². The van der Waals surface area contributed by atoms with Crippen molar-refractivity contribution >= 4 is 23.5 Å². The lowest BCUT2D eigenvalue weighted by Gasteiger charge is -2.05. The lowest BCUT2D eigenvalue weighted by molar-refractivity contribution is 0.0950. The van der Waals surface area contributed by atoms with Gasteiger partial charge in [-0.2, -0.15) is 10.2 Å². The summed E-state index contributed by atoms with van der Waals surface area (Å²) in [4.78, 5) is 14.4. The SMILES string of the molecule is CCOc1ccccc1/C=N\NC(=O)c1cc(-c2ccc(C)s2)[nH]n1. The number of nitrogens with zero attached hydrogens (tertiary/aromatic N) is 2. The third-order valence-corrected chi connectivity index (χ3v) is 4.44. The molecule has 0 aliphatic heterocycles. The first-order valence-corrected chi connectivity index (χ1v) is 8.66. The lowest BCUT2D eigenvalue weighted by Crippen LogP contribution is -2.18. The Kier molecular flexibility index (Phi) is 5.25. The van der Waals surface area contributed by atoms with Crippen LogP contribution >= 0.6 is 11.3 Å². The number of nitrogens with one attached hydrogen (secondary N) is 2. The molecule has 3 rings (SSSR count). The van der Waals surface area contributed by atoms with Crippen LogP contribution in [0, 0.1) is 6.92 Å². The summed E-state index contributed by atoms with van der Waals surface area (Å²) in [7, 11) is 0. The Morgan fingerprint density at radius 3 is 2.96 bits per heavy atom. The predicted molar refractivity (Wildman–Crippen MR) is 99.3 cm³/mol. The molecule has 0 saturated carbocycles. The number of carbonyl (C=O) groups is 1. The second-order valence-corrected chi connectivity index (χ2v) is 6.54. The predicted octanol–water partition coefficient (Wildman–Crippen LogP) is 3.61. The number of aromatic amines is 1. The Labute approximate surface area is 149 Å². The standard InChI is InChI=1S/C18H18N4O2S/c1-3-24-16-7-5-4-6-13(16)11-19-22-18(23)15-10-14(20-21-15)17-9-8-12(2)25-17/h4-11H,3H2,1-2H3,(H,20,21)(H,22,23)/b19-11-. The van der Waals surface area contributed by atoms with Crippen LogP contribution in [0.1, 0.15) is 27.9 Å². The second kappa shape index (κ2) is 7.76. The minimum Gasteiger partial charge on any atom is -0.493 e. The molecule has 0 aliphatic carbocycles. The van der Waals surface area contributed by atoms with E-state index in [1.54, 1.807) is 23.6 Å². The van der Waals surface area contributed by atoms with E-state index < -0.39 is 0 Å². The normalized spacial score (nSPS) is 11.0. The zero-order valence-corrected chi connectivity index (χ0v) is 14.8. The number of para-hydroxylation sites is 1. The highest BCUT2D eigenvalue weighted by Gasteiger charge is 2.11. The van der Waals surface area contributed by atoms with E-state index in [2.05, 4.69) is 20.7 Å². The summed E-state index contributed by atoms with van der Waals surface area (Å²) >= 11 is 1.64. The van der Waals surface area contributed by atoms with Crippen LogP contribution in [0.5, 0.6) is 5.75 Å². The van der Waals surface area contributed by atoms with Gasteiger partial charge in [0.15, 0.2) is 5.69 Å². The number of aromatic nitrogens is 2. The van der Waals surface area contributed by atoms with Gasteiger partial charge in [-0.3, -0.25) is 9.89 Å². The largest absolute Gasteiger partial charge is 0.493 e. The van der Waals surface area contributed by atoms with Crippen LogP contribution in [-0.2, 0) is 0 Å². The molecule has 7 heteroatoms. The Morgan fingerprint density at radius 1 is 1.36 bits per heavy atom. The van der Waals surface area contributed by atoms with Gasteiger partial charge in [-0.25, -0.2) is 5.43 Å². The lowest BCUT2D eigenvalue weighted by atomic mass is 10.2. The second-order valence-electron chi connectivity index (χ2n) is 5.25. The van der Waals surface area contributed by atoms with Crippen molar-refractivity contribution in [2.75, 3.05) is 6.61 Å². The number of ether oxygens (including phenoxy) is 1. The van der Waals surface area contributed by atoms with Crippen LogP contribution in [0.2, 0.25) is 0 Å². The number of rotatable bonds is 6. The van der Waals surface area contributed by atoms with Crippen molar-refractivity contribution in [1.82, 2.24) is 15.6 Å². The number of hydrazone groups is 1. The van der Waals surface area contributed by atoms with Crippen LogP contribution in [0.25, 0.3) is 10.6 Å². The van der Waals surface area contributed by atoms with Gasteiger partial charge in [-0.1, -0.05) is 12.1 Å². The highest BCUT2D eigenvalue weighted by atomic mass is 32.1. The molecule has 0 unspecified atom stereocenters. The summed E-state index contributed by atoms with van der Waals surface area (Å²) < 4.78 is 5.51. The monoisotopic (exact) mass is 354 g/mol. The third kappa shape index (κ3) is 4.13. The fraction of sp³-hybridized carbons (Fsp3) is 0.167. The summed E-state index contributed by atoms with van der Waals surface area (Å²) in [5.41, 5.74) is 4.38. The summed E-state index contributed by atoms with van der Waals surface area (Å²) in [5.74, 6) is 0.346. The van der Waals surface area contributed by atoms with Gasteiger partial charge >= 0.3 is 0 Å². The number of carbonyl (C=O) groups excluding carboxylic acids is 1. The van der Waals surface area contributed by atoms with Crippen LogP contribution in [0.4, 0.5) is 0 Å². The van der Waals surface area contributed by atoms with E-state index in [4.69, 9.17) is 4.74 Å². The van der Waals surface area contributed by atoms with E-state index in [9.17, 15) is 4.79 Å². The molecule has 0 saturated heterocycles. The number of H-pyrrole nitrogens is 1. The third-order valence-electron chi connectivity index (χ3n) is 3.40. The number of hydrogen-bond donors (Lipinski definition) is 2. The molecule has 6 nitrogen and oxygen atoms in total. The Morgan fingerprint density at radius 2 is 2.20 bits per heavy atom. The van der Waals surface area contributed by atoms with Crippen molar-refractivity contribution in [2.24, 2.45) is 5.10 Å². The molecule has 1 aromatic carbocycles. The summed E-state index contributed by atoms with van der Waals surface area (Å²) in [6.07, 6.45) is 1.55. The average Bonchev–Trinajstić information content (AvgIpc) is 3.25. The zero-order chi connectivity index (χ0) is 17.6. The minimum atomic E-state index is -0.374. The molecule has 0 radical (unpaired) electrons. The van der Waals surface area contributed by atoms with Crippen LogP contribution in [0.15, 0.2) is 47.6 Å². The molecular formula is C18H18N4O2S. The van der Waals surface area contributed by atoms with Gasteiger partial charge in [0.1, 0.15) is 5.75 Å². The van der Waals surface area contributed by atoms with Gasteiger partial charge in [0.2, 0.25) is 0 Å². The molecule has 0 fully saturated rings. The highest BCUT2D eigenvalue weighted by Crippen LogP contribution is 2.26. The van der Waals surface area contributed by atoms with Crippen molar-refractivity contribution in [3.05, 3.63) is 58.6 Å². The first kappa shape index (κ1) is 16.9. The average molecular weight is 354 g/mol. The molecule has 1 amide bonds. The molecule has 2 N–H and O–H groups in total. The van der Waals surface area contributed by atoms with E-state index in [-0.39, 0.29) is 11.6 Å². The Balaban J connectivity index is 1.66. The van der Waals surface area contributed by atoms with E-state index >= 15 is 0 Å². The first-order chi connectivity index (χ1) is 12.2. The summed E-state index contributed by atoms with van der Waals surface area (Å²) in [6.45, 7) is 4.52. The van der Waals surface area contributed by atoms with Crippen LogP contribution in [0.3, 0.4) is 0 Å². The van der Waals surface area contributed by atoms with Gasteiger partial charge in [0, 0.05) is 10.4 Å². The highest BCUT2D eigenvalue weighted by molar-refractivity contribution is 7.15. The van der Waals surface area contributed by atoms with Crippen LogP contribution in [-0.4, -0.2) is 28.9 Å². The van der Waals surface area contributed by atoms with Crippen molar-refractivity contribution in [3.8, 4) is 16.3 Å². The molecule has 128 valence electrons. The summed E-state index contributed by atoms with van der Waals surface area (Å²) in [5, 5.41) is 10.9. The number of thiophene rings is 1. The minimum absolute atomic E-state index is 0.288. The molecule has 25 heavy (non-hydrogen) atoms. The number of benzene rings is 1. The van der Waals surface area contributed by atoms with Crippen molar-refractivity contribution in [1.29, 1.82) is 0 Å². The van der Waals surface area contributed by atoms with Gasteiger partial charge < -0.3 is 4.74 Å². The number of aryl methyl sites for hydroxylation is 1. The number of hydrogen-bond acceptors (Lipinski definition) is 5. The Hall–Kier alpha value is -2.93. The maximum atomic E-state index is 12.2. The van der Waals surface area contributed by atoms with Gasteiger partial charge in [0.05, 0.1) is 23.4 Å². The molecule has 3 aromatic rings. The Bertz CT molecular complexity index is 898. The van der Waals surface area contributed by atoms with E-state index in [1.807, 2.05) is 50.2 Å². The maximum Gasteiger partial charge on any atom is 0.291 e. The van der Waals surface area contributed by atoms with Crippen molar-refractivity contribution < 1.29 is 9.53 Å². The molecule has 0 spiro atoms. The molecule has 0 bridgehead atoms. The summed E-state index contributed by atoms with van der Waals surface area (Å²) in [6, 6.07) is 13.2. The molecule has 2 heterocycles.